The zero-order valence-corrected chi connectivity index (χ0v) is 27.9. The Labute approximate surface area is 284 Å². The first-order valence-electron chi connectivity index (χ1n) is 15.7. The largest absolute Gasteiger partial charge is 0.405 e. The van der Waals surface area contributed by atoms with Gasteiger partial charge in [-0.1, -0.05) is 122 Å². The van der Waals surface area contributed by atoms with E-state index in [1.165, 1.54) is 6.20 Å². The van der Waals surface area contributed by atoms with Crippen molar-refractivity contribution in [2.24, 2.45) is 25.7 Å². The molecule has 242 valence electrons. The van der Waals surface area contributed by atoms with Crippen LogP contribution in [0.4, 0.5) is 5.69 Å². The Bertz CT molecular complexity index is 1930. The lowest BCUT2D eigenvalue weighted by Crippen LogP contribution is -2.21. The van der Waals surface area contributed by atoms with Gasteiger partial charge < -0.3 is 10.6 Å². The van der Waals surface area contributed by atoms with Gasteiger partial charge >= 0.3 is 0 Å². The Balaban J connectivity index is 2.11. The van der Waals surface area contributed by atoms with E-state index in [4.69, 9.17) is 15.7 Å². The maximum Gasteiger partial charge on any atom is 0.232 e. The maximum atomic E-state index is 5.57. The lowest BCUT2D eigenvalue weighted by atomic mass is 10.00. The molecular weight excluding hydrogens is 591 g/mol. The predicted octanol–water partition coefficient (Wildman–Crippen LogP) is 8.94. The fourth-order valence-corrected chi connectivity index (χ4v) is 5.20. The van der Waals surface area contributed by atoms with Gasteiger partial charge in [0.05, 0.1) is 23.4 Å². The molecule has 0 atom stereocenters. The number of benzene rings is 3. The quantitative estimate of drug-likeness (QED) is 0.0960. The Morgan fingerprint density at radius 1 is 0.917 bits per heavy atom. The molecule has 1 aromatic heterocycles. The molecule has 0 aliphatic carbocycles. The summed E-state index contributed by atoms with van der Waals surface area (Å²) in [5, 5.41) is 1.06. The van der Waals surface area contributed by atoms with Crippen LogP contribution in [-0.2, 0) is 6.54 Å². The van der Waals surface area contributed by atoms with Gasteiger partial charge in [-0.3, -0.25) is 9.56 Å². The van der Waals surface area contributed by atoms with Gasteiger partial charge in [0.25, 0.3) is 0 Å². The van der Waals surface area contributed by atoms with Crippen molar-refractivity contribution >= 4 is 47.4 Å². The molecule has 48 heavy (non-hydrogen) atoms. The number of aryl methyl sites for hydroxylation is 1. The Kier molecular flexibility index (Phi) is 13.2. The summed E-state index contributed by atoms with van der Waals surface area (Å²) in [6.07, 6.45) is 22.1. The Hall–Kier alpha value is -6.08. The van der Waals surface area contributed by atoms with Crippen LogP contribution in [-0.4, -0.2) is 43.0 Å². The van der Waals surface area contributed by atoms with Crippen molar-refractivity contribution in [1.82, 2.24) is 4.57 Å². The highest BCUT2D eigenvalue weighted by Crippen LogP contribution is 2.41. The first kappa shape index (κ1) is 34.8. The molecule has 7 heteroatoms. The molecule has 7 nitrogen and oxygen atoms in total. The van der Waals surface area contributed by atoms with E-state index in [-0.39, 0.29) is 0 Å². The molecule has 0 saturated carbocycles. The van der Waals surface area contributed by atoms with Crippen molar-refractivity contribution in [2.75, 3.05) is 18.6 Å². The Morgan fingerprint density at radius 2 is 1.65 bits per heavy atom. The van der Waals surface area contributed by atoms with E-state index < -0.39 is 0 Å². The van der Waals surface area contributed by atoms with E-state index in [0.717, 1.165) is 44.5 Å². The van der Waals surface area contributed by atoms with Crippen molar-refractivity contribution in [3.8, 4) is 11.1 Å². The molecule has 0 fully saturated rings. The maximum absolute atomic E-state index is 5.57. The van der Waals surface area contributed by atoms with Gasteiger partial charge in [-0.2, -0.15) is 4.99 Å². The number of nitrogens with two attached hydrogens (primary N) is 1. The standard InChI is InChI=1S/C41H43N7/c1-6-8-10-11-18-25-38(43-4)46-41(45-30-33-20-14-12-15-21-33)48-37(24-9-7-2)32(3)35-26-27-36(34-22-16-13-17-23-34)39(40(35)48)47(5)31-44-29-19-28-42/h6-29H,2,4,30-31,42H2,1,3,5H3/b8-6-,11-10-,24-9-,25-18+,28-19-,44-29-,45-41+,46-38-. The van der Waals surface area contributed by atoms with Crippen LogP contribution in [0.3, 0.4) is 0 Å². The third-order valence-corrected chi connectivity index (χ3v) is 7.45. The highest BCUT2D eigenvalue weighted by Gasteiger charge is 2.24. The number of hydrogen-bond acceptors (Lipinski definition) is 4. The molecule has 2 N–H and O–H groups in total. The summed E-state index contributed by atoms with van der Waals surface area (Å²) in [4.78, 5) is 21.2. The minimum atomic E-state index is 0.395. The number of amidine groups is 1. The van der Waals surface area contributed by atoms with E-state index in [2.05, 4.69) is 76.1 Å². The van der Waals surface area contributed by atoms with Crippen LogP contribution >= 0.6 is 0 Å². The molecule has 3 aromatic carbocycles. The van der Waals surface area contributed by atoms with Crippen LogP contribution in [0.15, 0.2) is 160 Å². The minimum absolute atomic E-state index is 0.395. The number of aliphatic imine (C=N–C) groups is 4. The van der Waals surface area contributed by atoms with Gasteiger partial charge in [0, 0.05) is 24.2 Å². The Morgan fingerprint density at radius 3 is 2.33 bits per heavy atom. The smallest absolute Gasteiger partial charge is 0.232 e. The second kappa shape index (κ2) is 18.2. The summed E-state index contributed by atoms with van der Waals surface area (Å²) in [5.41, 5.74) is 12.7. The molecule has 0 bridgehead atoms. The van der Waals surface area contributed by atoms with E-state index in [1.54, 1.807) is 18.4 Å². The van der Waals surface area contributed by atoms with Crippen LogP contribution < -0.4 is 10.6 Å². The lowest BCUT2D eigenvalue weighted by molar-refractivity contribution is 0.938. The average Bonchev–Trinajstić information content (AvgIpc) is 3.40. The number of hydrogen-bond donors (Lipinski definition) is 1. The average molecular weight is 634 g/mol. The minimum Gasteiger partial charge on any atom is -0.405 e. The monoisotopic (exact) mass is 633 g/mol. The molecule has 0 unspecified atom stereocenters. The molecular formula is C41H43N7. The highest BCUT2D eigenvalue weighted by atomic mass is 15.2. The van der Waals surface area contributed by atoms with E-state index in [1.807, 2.05) is 99.0 Å². The molecule has 0 spiro atoms. The summed E-state index contributed by atoms with van der Waals surface area (Å²) in [5.74, 6) is 0.900. The summed E-state index contributed by atoms with van der Waals surface area (Å²) >= 11 is 0. The van der Waals surface area contributed by atoms with Crippen molar-refractivity contribution < 1.29 is 0 Å². The van der Waals surface area contributed by atoms with Gasteiger partial charge in [0.2, 0.25) is 5.96 Å². The number of allylic oxidation sites excluding steroid dienone is 8. The fourth-order valence-electron chi connectivity index (χ4n) is 5.20. The van der Waals surface area contributed by atoms with Gasteiger partial charge in [0.1, 0.15) is 6.67 Å². The SMILES string of the molecule is C=C/C=C\c1c(C)c2ccc(-c3ccccc3)c(N(C)C/N=C\C=C/N)c2n1C(/N=C(/C=C/C=C\C=C/C)N=C)=N/Cc1ccccc1. The highest BCUT2D eigenvalue weighted by molar-refractivity contribution is 6.12. The van der Waals surface area contributed by atoms with Crippen LogP contribution in [0.2, 0.25) is 0 Å². The van der Waals surface area contributed by atoms with Crippen molar-refractivity contribution in [3.63, 3.8) is 0 Å². The van der Waals surface area contributed by atoms with Gasteiger partial charge in [0.15, 0.2) is 5.84 Å². The number of aromatic nitrogens is 1. The zero-order chi connectivity index (χ0) is 34.1. The second-order valence-electron chi connectivity index (χ2n) is 10.7. The van der Waals surface area contributed by atoms with Gasteiger partial charge in [-0.25, -0.2) is 9.98 Å². The predicted molar refractivity (Wildman–Crippen MR) is 209 cm³/mol. The molecule has 1 heterocycles. The third kappa shape index (κ3) is 8.79. The van der Waals surface area contributed by atoms with E-state index in [9.17, 15) is 0 Å². The van der Waals surface area contributed by atoms with Crippen LogP contribution in [0.5, 0.6) is 0 Å². The van der Waals surface area contributed by atoms with Crippen molar-refractivity contribution in [2.45, 2.75) is 20.4 Å². The first-order chi connectivity index (χ1) is 23.5. The van der Waals surface area contributed by atoms with Crippen LogP contribution in [0.1, 0.15) is 23.7 Å². The summed E-state index contributed by atoms with van der Waals surface area (Å²) in [6, 6.07) is 24.8. The topological polar surface area (TPSA) is 83.6 Å². The molecule has 0 amide bonds. The summed E-state index contributed by atoms with van der Waals surface area (Å²) < 4.78 is 2.12. The lowest BCUT2D eigenvalue weighted by Gasteiger charge is -2.24. The van der Waals surface area contributed by atoms with E-state index >= 15 is 0 Å². The first-order valence-corrected chi connectivity index (χ1v) is 15.7. The van der Waals surface area contributed by atoms with Crippen molar-refractivity contribution in [3.05, 3.63) is 157 Å². The van der Waals surface area contributed by atoms with Crippen molar-refractivity contribution in [1.29, 1.82) is 0 Å². The molecule has 0 aliphatic rings. The number of anilines is 1. The fraction of sp³-hybridized carbons (Fsp3) is 0.122. The zero-order valence-electron chi connectivity index (χ0n) is 27.9. The molecule has 4 rings (SSSR count). The number of rotatable bonds is 12. The molecule has 0 radical (unpaired) electrons. The number of fused-ring (bicyclic) bond motifs is 1. The van der Waals surface area contributed by atoms with Crippen LogP contribution in [0, 0.1) is 6.92 Å². The van der Waals surface area contributed by atoms with E-state index in [0.29, 0.717) is 25.0 Å². The summed E-state index contributed by atoms with van der Waals surface area (Å²) in [6.45, 7) is 12.7. The molecule has 4 aromatic rings. The molecule has 0 saturated heterocycles. The van der Waals surface area contributed by atoms with Gasteiger partial charge in [-0.15, -0.1) is 0 Å². The third-order valence-electron chi connectivity index (χ3n) is 7.45. The normalized spacial score (nSPS) is 13.1. The van der Waals surface area contributed by atoms with Gasteiger partial charge in [-0.05, 0) is 61.7 Å². The van der Waals surface area contributed by atoms with Crippen LogP contribution in [0.25, 0.3) is 28.1 Å². The second-order valence-corrected chi connectivity index (χ2v) is 10.7. The summed E-state index contributed by atoms with van der Waals surface area (Å²) in [7, 11) is 2.04. The molecule has 0 aliphatic heterocycles. The number of nitrogens with zero attached hydrogens (tertiary/aromatic N) is 6.